The fourth-order valence-electron chi connectivity index (χ4n) is 3.09. The molecule has 0 aromatic heterocycles. The molecular formula is C20H32O3. The van der Waals surface area contributed by atoms with E-state index in [0.29, 0.717) is 5.92 Å². The van der Waals surface area contributed by atoms with Gasteiger partial charge in [0.2, 0.25) is 0 Å². The predicted octanol–water partition coefficient (Wildman–Crippen LogP) is 5.48. The Balaban J connectivity index is 0.00000264. The lowest BCUT2D eigenvalue weighted by Crippen LogP contribution is -2.33. The second-order valence-electron chi connectivity index (χ2n) is 6.38. The molecule has 0 spiro atoms. The number of ether oxygens (including phenoxy) is 2. The summed E-state index contributed by atoms with van der Waals surface area (Å²) in [5.41, 5.74) is 1.06. The van der Waals surface area contributed by atoms with Crippen molar-refractivity contribution in [3.63, 3.8) is 0 Å². The first-order valence-electron chi connectivity index (χ1n) is 8.53. The highest BCUT2D eigenvalue weighted by Crippen LogP contribution is 2.36. The lowest BCUT2D eigenvalue weighted by atomic mass is 9.99. The van der Waals surface area contributed by atoms with Crippen LogP contribution in [0.15, 0.2) is 24.3 Å². The van der Waals surface area contributed by atoms with Gasteiger partial charge in [0.25, 0.3) is 0 Å². The highest BCUT2D eigenvalue weighted by molar-refractivity contribution is 5.71. The van der Waals surface area contributed by atoms with E-state index >= 15 is 0 Å². The van der Waals surface area contributed by atoms with Crippen LogP contribution in [-0.4, -0.2) is 18.2 Å². The van der Waals surface area contributed by atoms with E-state index in [2.05, 4.69) is 32.9 Å². The van der Waals surface area contributed by atoms with Gasteiger partial charge in [-0.2, -0.15) is 0 Å². The minimum absolute atomic E-state index is 0. The molecule has 1 atom stereocenters. The van der Waals surface area contributed by atoms with Crippen molar-refractivity contribution < 1.29 is 14.3 Å². The third-order valence-electron chi connectivity index (χ3n) is 4.91. The average Bonchev–Trinajstić information content (AvgIpc) is 3.01. The maximum absolute atomic E-state index is 12.0. The van der Waals surface area contributed by atoms with Crippen LogP contribution in [0.1, 0.15) is 78.2 Å². The van der Waals surface area contributed by atoms with Crippen molar-refractivity contribution in [1.82, 2.24) is 0 Å². The van der Waals surface area contributed by atoms with E-state index in [-0.39, 0.29) is 25.6 Å². The number of esters is 1. The molecule has 0 saturated heterocycles. The van der Waals surface area contributed by atoms with Crippen molar-refractivity contribution in [3.8, 4) is 5.75 Å². The first-order chi connectivity index (χ1) is 10.6. The summed E-state index contributed by atoms with van der Waals surface area (Å²) in [6, 6.07) is 8.00. The lowest BCUT2D eigenvalue weighted by molar-refractivity contribution is -0.162. The molecule has 0 heterocycles. The van der Waals surface area contributed by atoms with Crippen LogP contribution in [0, 0.1) is 0 Å². The molecule has 0 N–H and O–H groups in total. The van der Waals surface area contributed by atoms with E-state index in [1.165, 1.54) is 5.56 Å². The maximum atomic E-state index is 12.0. The molecule has 1 aliphatic carbocycles. The van der Waals surface area contributed by atoms with Crippen LogP contribution in [-0.2, 0) is 9.53 Å². The first kappa shape index (κ1) is 19.5. The van der Waals surface area contributed by atoms with Gasteiger partial charge in [0.1, 0.15) is 11.4 Å². The summed E-state index contributed by atoms with van der Waals surface area (Å²) in [6.45, 7) is 6.47. The fraction of sp³-hybridized carbons (Fsp3) is 0.650. The Bertz CT molecular complexity index is 472. The minimum atomic E-state index is -0.255. The number of benzene rings is 1. The Morgan fingerprint density at radius 3 is 2.30 bits per heavy atom. The average molecular weight is 320 g/mol. The summed E-state index contributed by atoms with van der Waals surface area (Å²) in [4.78, 5) is 12.0. The van der Waals surface area contributed by atoms with Gasteiger partial charge in [0.15, 0.2) is 6.61 Å². The fourth-order valence-corrected chi connectivity index (χ4v) is 3.09. The first-order valence-corrected chi connectivity index (χ1v) is 8.53. The second kappa shape index (κ2) is 8.95. The molecule has 0 bridgehead atoms. The topological polar surface area (TPSA) is 35.5 Å². The van der Waals surface area contributed by atoms with Gasteiger partial charge in [-0.15, -0.1) is 0 Å². The Morgan fingerprint density at radius 2 is 1.78 bits per heavy atom. The number of hydrogen-bond donors (Lipinski definition) is 0. The van der Waals surface area contributed by atoms with E-state index in [4.69, 9.17) is 9.47 Å². The molecule has 23 heavy (non-hydrogen) atoms. The molecule has 0 radical (unpaired) electrons. The highest BCUT2D eigenvalue weighted by atomic mass is 16.6. The molecule has 2 rings (SSSR count). The molecule has 1 aromatic rings. The van der Waals surface area contributed by atoms with Gasteiger partial charge < -0.3 is 9.47 Å². The smallest absolute Gasteiger partial charge is 0.344 e. The molecule has 3 heteroatoms. The van der Waals surface area contributed by atoms with E-state index in [9.17, 15) is 4.79 Å². The zero-order chi connectivity index (χ0) is 16.0. The molecule has 1 aliphatic rings. The summed E-state index contributed by atoms with van der Waals surface area (Å²) >= 11 is 0. The minimum Gasteiger partial charge on any atom is -0.482 e. The third-order valence-corrected chi connectivity index (χ3v) is 4.91. The van der Waals surface area contributed by atoms with E-state index < -0.39 is 0 Å². The summed E-state index contributed by atoms with van der Waals surface area (Å²) in [5.74, 6) is 1.02. The summed E-state index contributed by atoms with van der Waals surface area (Å²) in [5, 5.41) is 0. The summed E-state index contributed by atoms with van der Waals surface area (Å²) < 4.78 is 11.2. The molecule has 1 fully saturated rings. The zero-order valence-electron chi connectivity index (χ0n) is 14.1. The van der Waals surface area contributed by atoms with Crippen molar-refractivity contribution in [1.29, 1.82) is 0 Å². The van der Waals surface area contributed by atoms with Crippen molar-refractivity contribution in [2.45, 2.75) is 78.2 Å². The van der Waals surface area contributed by atoms with E-state index in [1.54, 1.807) is 0 Å². The molecule has 1 unspecified atom stereocenters. The van der Waals surface area contributed by atoms with Gasteiger partial charge in [-0.25, -0.2) is 4.79 Å². The molecule has 0 amide bonds. The van der Waals surface area contributed by atoms with Crippen LogP contribution in [0.5, 0.6) is 5.75 Å². The normalized spacial score (nSPS) is 17.2. The number of carbonyl (C=O) groups excluding carboxylic acids is 1. The molecule has 1 saturated carbocycles. The van der Waals surface area contributed by atoms with E-state index in [0.717, 1.165) is 44.3 Å². The number of rotatable bonds is 7. The van der Waals surface area contributed by atoms with Crippen molar-refractivity contribution in [3.05, 3.63) is 29.8 Å². The number of hydrogen-bond acceptors (Lipinski definition) is 3. The lowest BCUT2D eigenvalue weighted by Gasteiger charge is -2.27. The Kier molecular flexibility index (Phi) is 7.60. The standard InChI is InChI=1S/C19H28O3.CH4/c1-4-15(3)16-8-10-17(11-9-16)21-14-18(20)22-19(5-2)12-6-7-13-19;/h8-11,15H,4-7,12-14H2,1-3H3;1H4. The van der Waals surface area contributed by atoms with Crippen molar-refractivity contribution in [2.75, 3.05) is 6.61 Å². The molecule has 130 valence electrons. The predicted molar refractivity (Wildman–Crippen MR) is 95.0 cm³/mol. The van der Waals surface area contributed by atoms with Crippen LogP contribution >= 0.6 is 0 Å². The van der Waals surface area contributed by atoms with Gasteiger partial charge in [0, 0.05) is 0 Å². The largest absolute Gasteiger partial charge is 0.482 e. The van der Waals surface area contributed by atoms with Crippen molar-refractivity contribution >= 4 is 5.97 Å². The summed E-state index contributed by atoms with van der Waals surface area (Å²) in [7, 11) is 0. The van der Waals surface area contributed by atoms with Crippen LogP contribution < -0.4 is 4.74 Å². The third kappa shape index (κ3) is 5.26. The van der Waals surface area contributed by atoms with Crippen LogP contribution in [0.4, 0.5) is 0 Å². The summed E-state index contributed by atoms with van der Waals surface area (Å²) in [6.07, 6.45) is 6.28. The second-order valence-corrected chi connectivity index (χ2v) is 6.38. The molecule has 3 nitrogen and oxygen atoms in total. The molecular weight excluding hydrogens is 288 g/mol. The van der Waals surface area contributed by atoms with Gasteiger partial charge >= 0.3 is 5.97 Å². The van der Waals surface area contributed by atoms with Gasteiger partial charge in [0.05, 0.1) is 0 Å². The van der Waals surface area contributed by atoms with Crippen molar-refractivity contribution in [2.24, 2.45) is 0 Å². The van der Waals surface area contributed by atoms with Gasteiger partial charge in [-0.05, 0) is 62.1 Å². The molecule has 0 aliphatic heterocycles. The van der Waals surface area contributed by atoms with Crippen LogP contribution in [0.2, 0.25) is 0 Å². The van der Waals surface area contributed by atoms with Gasteiger partial charge in [-0.1, -0.05) is 40.3 Å². The highest BCUT2D eigenvalue weighted by Gasteiger charge is 2.35. The van der Waals surface area contributed by atoms with Gasteiger partial charge in [-0.3, -0.25) is 0 Å². The Labute approximate surface area is 141 Å². The Hall–Kier alpha value is -1.51. The number of carbonyl (C=O) groups is 1. The molecule has 1 aromatic carbocycles. The van der Waals surface area contributed by atoms with Crippen LogP contribution in [0.3, 0.4) is 0 Å². The monoisotopic (exact) mass is 320 g/mol. The Morgan fingerprint density at radius 1 is 1.17 bits per heavy atom. The quantitative estimate of drug-likeness (QED) is 0.624. The van der Waals surface area contributed by atoms with Crippen LogP contribution in [0.25, 0.3) is 0 Å². The SMILES string of the molecule is C.CCC(C)c1ccc(OCC(=O)OC2(CC)CCCC2)cc1. The zero-order valence-corrected chi connectivity index (χ0v) is 14.1. The maximum Gasteiger partial charge on any atom is 0.344 e. The van der Waals surface area contributed by atoms with E-state index in [1.807, 2.05) is 12.1 Å².